The SMILES string of the molecule is Cc1ccc(-c2[nH]nc(NC(=O)CCC(=O)c3ccccc3)c2C)o1. The lowest BCUT2D eigenvalue weighted by Crippen LogP contribution is -2.14. The molecule has 0 aliphatic carbocycles. The van der Waals surface area contributed by atoms with E-state index in [1.165, 1.54) is 0 Å². The minimum atomic E-state index is -0.249. The maximum absolute atomic E-state index is 12.1. The van der Waals surface area contributed by atoms with Crippen LogP contribution in [-0.2, 0) is 4.79 Å². The van der Waals surface area contributed by atoms with E-state index in [4.69, 9.17) is 4.42 Å². The molecule has 2 N–H and O–H groups in total. The van der Waals surface area contributed by atoms with Crippen LogP contribution in [0.4, 0.5) is 5.82 Å². The summed E-state index contributed by atoms with van der Waals surface area (Å²) < 4.78 is 5.57. The van der Waals surface area contributed by atoms with Gasteiger partial charge < -0.3 is 9.73 Å². The molecule has 0 spiro atoms. The Bertz CT molecular complexity index is 894. The average molecular weight is 337 g/mol. The quantitative estimate of drug-likeness (QED) is 0.668. The van der Waals surface area contributed by atoms with Crippen molar-refractivity contribution in [3.05, 3.63) is 59.4 Å². The van der Waals surface area contributed by atoms with Crippen molar-refractivity contribution in [2.75, 3.05) is 5.32 Å². The largest absolute Gasteiger partial charge is 0.460 e. The number of furan rings is 1. The van der Waals surface area contributed by atoms with Crippen molar-refractivity contribution >= 4 is 17.5 Å². The Morgan fingerprint density at radius 1 is 1.08 bits per heavy atom. The number of Topliss-reactive ketones (excluding diaryl/α,β-unsaturated/α-hetero) is 1. The van der Waals surface area contributed by atoms with Crippen LogP contribution in [-0.4, -0.2) is 21.9 Å². The first-order chi connectivity index (χ1) is 12.0. The molecule has 0 aliphatic heterocycles. The molecular weight excluding hydrogens is 318 g/mol. The van der Waals surface area contributed by atoms with Crippen molar-refractivity contribution in [2.45, 2.75) is 26.7 Å². The number of anilines is 1. The normalized spacial score (nSPS) is 10.6. The Hall–Kier alpha value is -3.15. The number of amides is 1. The van der Waals surface area contributed by atoms with Gasteiger partial charge in [0.05, 0.1) is 0 Å². The zero-order chi connectivity index (χ0) is 17.8. The van der Waals surface area contributed by atoms with Gasteiger partial charge >= 0.3 is 0 Å². The number of carbonyl (C=O) groups is 2. The second-order valence-corrected chi connectivity index (χ2v) is 5.82. The Balaban J connectivity index is 1.60. The third-order valence-corrected chi connectivity index (χ3v) is 3.93. The fraction of sp³-hybridized carbons (Fsp3) is 0.211. The van der Waals surface area contributed by atoms with Gasteiger partial charge in [0.15, 0.2) is 17.4 Å². The molecule has 0 atom stereocenters. The topological polar surface area (TPSA) is 88.0 Å². The summed E-state index contributed by atoms with van der Waals surface area (Å²) in [5.74, 6) is 1.61. The number of hydrogen-bond donors (Lipinski definition) is 2. The minimum Gasteiger partial charge on any atom is -0.460 e. The Labute approximate surface area is 145 Å². The summed E-state index contributed by atoms with van der Waals surface area (Å²) in [5.41, 5.74) is 2.13. The highest BCUT2D eigenvalue weighted by atomic mass is 16.3. The van der Waals surface area contributed by atoms with Crippen molar-refractivity contribution in [3.8, 4) is 11.5 Å². The number of benzene rings is 1. The molecule has 0 aliphatic rings. The summed E-state index contributed by atoms with van der Waals surface area (Å²) in [6.07, 6.45) is 0.263. The van der Waals surface area contributed by atoms with E-state index in [1.807, 2.05) is 32.0 Å². The van der Waals surface area contributed by atoms with E-state index in [1.54, 1.807) is 24.3 Å². The molecule has 1 amide bonds. The molecule has 128 valence electrons. The van der Waals surface area contributed by atoms with Gasteiger partial charge in [0.2, 0.25) is 5.91 Å². The van der Waals surface area contributed by atoms with Gasteiger partial charge in [-0.2, -0.15) is 5.10 Å². The molecule has 0 radical (unpaired) electrons. The van der Waals surface area contributed by atoms with E-state index in [0.29, 0.717) is 17.1 Å². The summed E-state index contributed by atoms with van der Waals surface area (Å²) >= 11 is 0. The molecule has 25 heavy (non-hydrogen) atoms. The first kappa shape index (κ1) is 16.7. The predicted molar refractivity (Wildman–Crippen MR) is 94.4 cm³/mol. The standard InChI is InChI=1S/C19H19N3O3/c1-12-8-10-16(25-12)18-13(2)19(22-21-18)20-17(24)11-9-15(23)14-6-4-3-5-7-14/h3-8,10H,9,11H2,1-2H3,(H2,20,21,22,24). The molecule has 0 fully saturated rings. The number of H-pyrrole nitrogens is 1. The van der Waals surface area contributed by atoms with Gasteiger partial charge in [-0.1, -0.05) is 30.3 Å². The summed E-state index contributed by atoms with van der Waals surface area (Å²) in [5, 5.41) is 9.74. The highest BCUT2D eigenvalue weighted by Gasteiger charge is 2.16. The van der Waals surface area contributed by atoms with Crippen LogP contribution in [0.25, 0.3) is 11.5 Å². The summed E-state index contributed by atoms with van der Waals surface area (Å²) in [6, 6.07) is 12.7. The van der Waals surface area contributed by atoms with Gasteiger partial charge in [0.1, 0.15) is 11.5 Å². The number of nitrogens with one attached hydrogen (secondary N) is 2. The van der Waals surface area contributed by atoms with Crippen LogP contribution in [0.2, 0.25) is 0 Å². The van der Waals surface area contributed by atoms with Gasteiger partial charge in [-0.05, 0) is 26.0 Å². The van der Waals surface area contributed by atoms with Crippen molar-refractivity contribution in [1.29, 1.82) is 0 Å². The van der Waals surface area contributed by atoms with E-state index < -0.39 is 0 Å². The molecule has 1 aromatic carbocycles. The fourth-order valence-corrected chi connectivity index (χ4v) is 2.52. The molecule has 0 unspecified atom stereocenters. The average Bonchev–Trinajstić information content (AvgIpc) is 3.20. The number of ketones is 1. The molecule has 0 bridgehead atoms. The van der Waals surface area contributed by atoms with Gasteiger partial charge in [-0.15, -0.1) is 0 Å². The van der Waals surface area contributed by atoms with E-state index >= 15 is 0 Å². The van der Waals surface area contributed by atoms with Gasteiger partial charge in [0, 0.05) is 24.0 Å². The van der Waals surface area contributed by atoms with Crippen LogP contribution in [0.5, 0.6) is 0 Å². The second-order valence-electron chi connectivity index (χ2n) is 5.82. The molecular formula is C19H19N3O3. The lowest BCUT2D eigenvalue weighted by molar-refractivity contribution is -0.116. The molecule has 6 heteroatoms. The molecule has 3 rings (SSSR count). The fourth-order valence-electron chi connectivity index (χ4n) is 2.52. The monoisotopic (exact) mass is 337 g/mol. The minimum absolute atomic E-state index is 0.0544. The lowest BCUT2D eigenvalue weighted by atomic mass is 10.1. The van der Waals surface area contributed by atoms with E-state index in [9.17, 15) is 9.59 Å². The number of rotatable bonds is 6. The Morgan fingerprint density at radius 3 is 2.52 bits per heavy atom. The Kier molecular flexibility index (Phi) is 4.79. The first-order valence-corrected chi connectivity index (χ1v) is 8.04. The summed E-state index contributed by atoms with van der Waals surface area (Å²) in [7, 11) is 0. The van der Waals surface area contributed by atoms with Crippen molar-refractivity contribution in [2.24, 2.45) is 0 Å². The highest BCUT2D eigenvalue weighted by molar-refractivity contribution is 6.00. The number of nitrogens with zero attached hydrogens (tertiary/aromatic N) is 1. The van der Waals surface area contributed by atoms with E-state index in [-0.39, 0.29) is 24.5 Å². The lowest BCUT2D eigenvalue weighted by Gasteiger charge is -2.03. The number of aryl methyl sites for hydroxylation is 1. The van der Waals surface area contributed by atoms with E-state index in [0.717, 1.165) is 17.0 Å². The Morgan fingerprint density at radius 2 is 1.84 bits per heavy atom. The third kappa shape index (κ3) is 3.85. The predicted octanol–water partition coefficient (Wildman–Crippen LogP) is 3.89. The molecule has 2 aromatic heterocycles. The smallest absolute Gasteiger partial charge is 0.226 e. The van der Waals surface area contributed by atoms with Crippen LogP contribution in [0.3, 0.4) is 0 Å². The molecule has 0 saturated heterocycles. The summed E-state index contributed by atoms with van der Waals surface area (Å²) in [4.78, 5) is 24.2. The highest BCUT2D eigenvalue weighted by Crippen LogP contribution is 2.27. The molecule has 6 nitrogen and oxygen atoms in total. The zero-order valence-corrected chi connectivity index (χ0v) is 14.1. The second kappa shape index (κ2) is 7.17. The van der Waals surface area contributed by atoms with Crippen LogP contribution in [0, 0.1) is 13.8 Å². The number of aromatic nitrogens is 2. The van der Waals surface area contributed by atoms with E-state index in [2.05, 4.69) is 15.5 Å². The van der Waals surface area contributed by atoms with Crippen molar-refractivity contribution in [1.82, 2.24) is 10.2 Å². The molecule has 3 aromatic rings. The number of aromatic amines is 1. The van der Waals surface area contributed by atoms with Gasteiger partial charge in [-0.25, -0.2) is 0 Å². The first-order valence-electron chi connectivity index (χ1n) is 8.04. The summed E-state index contributed by atoms with van der Waals surface area (Å²) in [6.45, 7) is 3.71. The number of carbonyl (C=O) groups excluding carboxylic acids is 2. The van der Waals surface area contributed by atoms with Gasteiger partial charge in [-0.3, -0.25) is 14.7 Å². The number of hydrogen-bond acceptors (Lipinski definition) is 4. The molecule has 2 heterocycles. The maximum atomic E-state index is 12.1. The van der Waals surface area contributed by atoms with Crippen molar-refractivity contribution < 1.29 is 14.0 Å². The van der Waals surface area contributed by atoms with Crippen LogP contribution >= 0.6 is 0 Å². The third-order valence-electron chi connectivity index (χ3n) is 3.93. The van der Waals surface area contributed by atoms with Gasteiger partial charge in [0.25, 0.3) is 0 Å². The zero-order valence-electron chi connectivity index (χ0n) is 14.1. The van der Waals surface area contributed by atoms with Crippen LogP contribution < -0.4 is 5.32 Å². The van der Waals surface area contributed by atoms with Crippen LogP contribution in [0.15, 0.2) is 46.9 Å². The maximum Gasteiger partial charge on any atom is 0.226 e. The van der Waals surface area contributed by atoms with Crippen LogP contribution in [0.1, 0.15) is 34.5 Å². The van der Waals surface area contributed by atoms with Crippen molar-refractivity contribution in [3.63, 3.8) is 0 Å². The molecule has 0 saturated carbocycles.